The number of nitrogens with one attached hydrogen (secondary N) is 1. The van der Waals surface area contributed by atoms with Gasteiger partial charge in [-0.15, -0.1) is 0 Å². The molecule has 82 valence electrons. The largest absolute Gasteiger partial charge is 0.290 e. The lowest BCUT2D eigenvalue weighted by atomic mass is 10.0. The van der Waals surface area contributed by atoms with Crippen LogP contribution in [0.5, 0.6) is 0 Å². The van der Waals surface area contributed by atoms with E-state index in [0.29, 0.717) is 18.2 Å². The van der Waals surface area contributed by atoms with E-state index in [1.807, 2.05) is 0 Å². The quantitative estimate of drug-likeness (QED) is 0.766. The Hall–Kier alpha value is -1.38. The summed E-state index contributed by atoms with van der Waals surface area (Å²) in [6, 6.07) is 11.5. The molecule has 16 heavy (non-hydrogen) atoms. The second-order valence-corrected chi connectivity index (χ2v) is 4.43. The van der Waals surface area contributed by atoms with Crippen molar-refractivity contribution in [3.63, 3.8) is 0 Å². The van der Waals surface area contributed by atoms with Crippen molar-refractivity contribution in [3.8, 4) is 0 Å². The monoisotopic (exact) mass is 212 g/mol. The van der Waals surface area contributed by atoms with Crippen LogP contribution in [-0.4, -0.2) is 24.0 Å². The van der Waals surface area contributed by atoms with Gasteiger partial charge < -0.3 is 0 Å². The molecule has 1 saturated heterocycles. The van der Waals surface area contributed by atoms with Crippen LogP contribution in [0, 0.1) is 0 Å². The average Bonchev–Trinajstić information content (AvgIpc) is 2.69. The Morgan fingerprint density at radius 3 is 2.56 bits per heavy atom. The third kappa shape index (κ3) is 1.51. The maximum atomic E-state index is 3.65. The van der Waals surface area contributed by atoms with Crippen molar-refractivity contribution in [2.75, 3.05) is 7.05 Å². The lowest BCUT2D eigenvalue weighted by Gasteiger charge is -2.24. The zero-order valence-corrected chi connectivity index (χ0v) is 9.38. The third-order valence-corrected chi connectivity index (χ3v) is 3.45. The fraction of sp³-hybridized carbons (Fsp3) is 0.286. The fourth-order valence-corrected chi connectivity index (χ4v) is 2.58. The molecule has 0 saturated carbocycles. The summed E-state index contributed by atoms with van der Waals surface area (Å²) in [6.07, 6.45) is 9.08. The van der Waals surface area contributed by atoms with E-state index in [4.69, 9.17) is 0 Å². The molecule has 2 nitrogen and oxygen atoms in total. The number of benzene rings is 1. The molecule has 1 fully saturated rings. The van der Waals surface area contributed by atoms with Crippen LogP contribution in [0.4, 0.5) is 0 Å². The summed E-state index contributed by atoms with van der Waals surface area (Å²) < 4.78 is 0. The Balaban J connectivity index is 1.89. The summed E-state index contributed by atoms with van der Waals surface area (Å²) in [4.78, 5) is 2.39. The Morgan fingerprint density at radius 1 is 1.06 bits per heavy atom. The van der Waals surface area contributed by atoms with E-state index in [9.17, 15) is 0 Å². The van der Waals surface area contributed by atoms with E-state index in [1.54, 1.807) is 0 Å². The highest BCUT2D eigenvalue weighted by Crippen LogP contribution is 2.29. The molecule has 3 rings (SSSR count). The van der Waals surface area contributed by atoms with Crippen LogP contribution in [0.25, 0.3) is 0 Å². The van der Waals surface area contributed by atoms with Crippen LogP contribution < -0.4 is 5.32 Å². The SMILES string of the molecule is CN1C(c2ccccc2)NC2C=CC=CC21. The van der Waals surface area contributed by atoms with Gasteiger partial charge in [-0.25, -0.2) is 0 Å². The Kier molecular flexibility index (Phi) is 2.39. The predicted molar refractivity (Wildman–Crippen MR) is 65.9 cm³/mol. The second-order valence-electron chi connectivity index (χ2n) is 4.43. The molecular weight excluding hydrogens is 196 g/mol. The van der Waals surface area contributed by atoms with Gasteiger partial charge in [0.15, 0.2) is 0 Å². The summed E-state index contributed by atoms with van der Waals surface area (Å²) in [5.74, 6) is 0. The average molecular weight is 212 g/mol. The summed E-state index contributed by atoms with van der Waals surface area (Å²) in [7, 11) is 2.18. The van der Waals surface area contributed by atoms with E-state index in [2.05, 4.69) is 71.9 Å². The number of allylic oxidation sites excluding steroid dienone is 2. The molecule has 0 aromatic heterocycles. The predicted octanol–water partition coefficient (Wildman–Crippen LogP) is 2.08. The van der Waals surface area contributed by atoms with E-state index < -0.39 is 0 Å². The Morgan fingerprint density at radius 2 is 1.81 bits per heavy atom. The number of fused-ring (bicyclic) bond motifs is 1. The minimum absolute atomic E-state index is 0.323. The van der Waals surface area contributed by atoms with E-state index in [1.165, 1.54) is 5.56 Å². The van der Waals surface area contributed by atoms with Gasteiger partial charge >= 0.3 is 0 Å². The highest BCUT2D eigenvalue weighted by molar-refractivity contribution is 5.28. The normalized spacial score (nSPS) is 32.9. The molecule has 0 bridgehead atoms. The van der Waals surface area contributed by atoms with Crippen molar-refractivity contribution in [1.29, 1.82) is 0 Å². The number of rotatable bonds is 1. The maximum absolute atomic E-state index is 3.65. The number of hydrogen-bond donors (Lipinski definition) is 1. The number of likely N-dealkylation sites (N-methyl/N-ethyl adjacent to an activating group) is 1. The van der Waals surface area contributed by atoms with E-state index in [0.717, 1.165) is 0 Å². The molecule has 1 aliphatic heterocycles. The van der Waals surface area contributed by atoms with Crippen molar-refractivity contribution in [2.45, 2.75) is 18.2 Å². The lowest BCUT2D eigenvalue weighted by molar-refractivity contribution is 0.264. The number of nitrogens with zero attached hydrogens (tertiary/aromatic N) is 1. The summed E-state index contributed by atoms with van der Waals surface area (Å²) in [6.45, 7) is 0. The van der Waals surface area contributed by atoms with Gasteiger partial charge in [0.25, 0.3) is 0 Å². The molecule has 2 aliphatic rings. The standard InChI is InChI=1S/C14H16N2/c1-16-13-10-6-5-9-12(13)15-14(16)11-7-3-2-4-8-11/h2-10,12-15H,1H3. The Bertz CT molecular complexity index is 422. The Labute approximate surface area is 96.3 Å². The molecule has 0 radical (unpaired) electrons. The van der Waals surface area contributed by atoms with Gasteiger partial charge in [-0.3, -0.25) is 10.2 Å². The first-order valence-corrected chi connectivity index (χ1v) is 5.74. The molecule has 1 aliphatic carbocycles. The van der Waals surface area contributed by atoms with Gasteiger partial charge in [0, 0.05) is 12.1 Å². The third-order valence-electron chi connectivity index (χ3n) is 3.45. The van der Waals surface area contributed by atoms with Crippen molar-refractivity contribution in [2.24, 2.45) is 0 Å². The van der Waals surface area contributed by atoms with Gasteiger partial charge in [0.05, 0.1) is 6.17 Å². The first kappa shape index (κ1) is 9.82. The molecular formula is C14H16N2. The maximum Gasteiger partial charge on any atom is 0.0869 e. The fourth-order valence-electron chi connectivity index (χ4n) is 2.58. The highest BCUT2D eigenvalue weighted by Gasteiger charge is 2.36. The molecule has 1 heterocycles. The second kappa shape index (κ2) is 3.89. The van der Waals surface area contributed by atoms with Gasteiger partial charge in [0.2, 0.25) is 0 Å². The van der Waals surface area contributed by atoms with Crippen molar-refractivity contribution in [3.05, 3.63) is 60.2 Å². The molecule has 0 amide bonds. The first-order valence-electron chi connectivity index (χ1n) is 5.74. The van der Waals surface area contributed by atoms with Crippen LogP contribution in [0.2, 0.25) is 0 Å². The highest BCUT2D eigenvalue weighted by atomic mass is 15.4. The van der Waals surface area contributed by atoms with Crippen LogP contribution in [0.1, 0.15) is 11.7 Å². The molecule has 1 aromatic carbocycles. The molecule has 0 spiro atoms. The van der Waals surface area contributed by atoms with Crippen molar-refractivity contribution >= 4 is 0 Å². The van der Waals surface area contributed by atoms with Gasteiger partial charge in [0.1, 0.15) is 0 Å². The smallest absolute Gasteiger partial charge is 0.0869 e. The molecule has 3 atom stereocenters. The minimum Gasteiger partial charge on any atom is -0.290 e. The van der Waals surface area contributed by atoms with Crippen LogP contribution in [-0.2, 0) is 0 Å². The zero-order valence-electron chi connectivity index (χ0n) is 9.38. The first-order chi connectivity index (χ1) is 7.86. The molecule has 3 unspecified atom stereocenters. The molecule has 1 N–H and O–H groups in total. The molecule has 2 heteroatoms. The van der Waals surface area contributed by atoms with Crippen molar-refractivity contribution < 1.29 is 0 Å². The summed E-state index contributed by atoms with van der Waals surface area (Å²) in [5, 5.41) is 3.65. The minimum atomic E-state index is 0.323. The van der Waals surface area contributed by atoms with Gasteiger partial charge in [-0.1, -0.05) is 54.6 Å². The van der Waals surface area contributed by atoms with Crippen LogP contribution in [0.15, 0.2) is 54.6 Å². The van der Waals surface area contributed by atoms with E-state index in [-0.39, 0.29) is 0 Å². The van der Waals surface area contributed by atoms with Gasteiger partial charge in [-0.05, 0) is 12.6 Å². The molecule has 1 aromatic rings. The van der Waals surface area contributed by atoms with Crippen molar-refractivity contribution in [1.82, 2.24) is 10.2 Å². The lowest BCUT2D eigenvalue weighted by Crippen LogP contribution is -2.32. The van der Waals surface area contributed by atoms with Crippen LogP contribution in [0.3, 0.4) is 0 Å². The van der Waals surface area contributed by atoms with Gasteiger partial charge in [-0.2, -0.15) is 0 Å². The number of hydrogen-bond acceptors (Lipinski definition) is 2. The van der Waals surface area contributed by atoms with E-state index >= 15 is 0 Å². The summed E-state index contributed by atoms with van der Waals surface area (Å²) in [5.41, 5.74) is 1.33. The summed E-state index contributed by atoms with van der Waals surface area (Å²) >= 11 is 0. The van der Waals surface area contributed by atoms with Crippen LogP contribution >= 0.6 is 0 Å². The zero-order chi connectivity index (χ0) is 11.0. The topological polar surface area (TPSA) is 15.3 Å².